The third-order valence-electron chi connectivity index (χ3n) is 7.03. The molecular weight excluding hydrogens is 497 g/mol. The molecule has 0 spiro atoms. The molecule has 3 heterocycles. The number of aliphatic imine (C=N–C) groups is 1. The molecule has 5 rings (SSSR count). The molecule has 1 saturated heterocycles. The number of hydrogen-bond donors (Lipinski definition) is 2. The van der Waals surface area contributed by atoms with Crippen LogP contribution in [0.5, 0.6) is 0 Å². The maximum atomic E-state index is 14.9. The third kappa shape index (κ3) is 6.68. The fourth-order valence-electron chi connectivity index (χ4n) is 5.00. The summed E-state index contributed by atoms with van der Waals surface area (Å²) < 4.78 is 25.9. The number of nitrogens with one attached hydrogen (secondary N) is 1. The highest BCUT2D eigenvalue weighted by atomic mass is 19.1. The van der Waals surface area contributed by atoms with Gasteiger partial charge in [-0.15, -0.1) is 0 Å². The zero-order valence-corrected chi connectivity index (χ0v) is 22.1. The summed E-state index contributed by atoms with van der Waals surface area (Å²) in [5, 5.41) is 19.3. The Bertz CT molecular complexity index is 1380. The van der Waals surface area contributed by atoms with Crippen molar-refractivity contribution >= 4 is 17.1 Å². The van der Waals surface area contributed by atoms with Crippen LogP contribution in [0.2, 0.25) is 0 Å². The average molecular weight is 532 g/mol. The van der Waals surface area contributed by atoms with Crippen LogP contribution < -0.4 is 0 Å². The van der Waals surface area contributed by atoms with E-state index in [0.29, 0.717) is 43.1 Å². The van der Waals surface area contributed by atoms with Gasteiger partial charge in [0, 0.05) is 66.8 Å². The SMILES string of the molecule is COCCOC1=C(CN2CCCC(C=NC(O)c3ccc4[nH]nc(-c5ccncc5)c4c3)C2)C(F)=CCC=C1. The average Bonchev–Trinajstić information content (AvgIpc) is 3.32. The molecule has 9 heteroatoms. The molecule has 0 saturated carbocycles. The van der Waals surface area contributed by atoms with Gasteiger partial charge in [-0.25, -0.2) is 4.39 Å². The monoisotopic (exact) mass is 531 g/mol. The van der Waals surface area contributed by atoms with E-state index in [0.717, 1.165) is 48.1 Å². The zero-order chi connectivity index (χ0) is 27.0. The number of methoxy groups -OCH3 is 1. The summed E-state index contributed by atoms with van der Waals surface area (Å²) in [5.41, 5.74) is 3.91. The summed E-state index contributed by atoms with van der Waals surface area (Å²) in [4.78, 5) is 10.8. The lowest BCUT2D eigenvalue weighted by Gasteiger charge is -2.31. The molecule has 204 valence electrons. The van der Waals surface area contributed by atoms with Crippen LogP contribution in [0.25, 0.3) is 22.2 Å². The summed E-state index contributed by atoms with van der Waals surface area (Å²) >= 11 is 0. The van der Waals surface area contributed by atoms with Gasteiger partial charge in [-0.3, -0.25) is 20.0 Å². The predicted molar refractivity (Wildman–Crippen MR) is 150 cm³/mol. The van der Waals surface area contributed by atoms with Crippen molar-refractivity contribution in [3.63, 3.8) is 0 Å². The van der Waals surface area contributed by atoms with Crippen molar-refractivity contribution in [2.24, 2.45) is 10.9 Å². The number of nitrogens with zero attached hydrogens (tertiary/aromatic N) is 4. The fourth-order valence-corrected chi connectivity index (χ4v) is 5.00. The maximum absolute atomic E-state index is 14.9. The lowest BCUT2D eigenvalue weighted by Crippen LogP contribution is -2.37. The van der Waals surface area contributed by atoms with E-state index in [2.05, 4.69) is 25.1 Å². The smallest absolute Gasteiger partial charge is 0.170 e. The number of benzene rings is 1. The van der Waals surface area contributed by atoms with Gasteiger partial charge in [0.15, 0.2) is 6.23 Å². The van der Waals surface area contributed by atoms with Gasteiger partial charge in [-0.1, -0.05) is 12.1 Å². The Kier molecular flexibility index (Phi) is 8.93. The minimum atomic E-state index is -0.985. The van der Waals surface area contributed by atoms with Crippen LogP contribution in [0.1, 0.15) is 31.1 Å². The second kappa shape index (κ2) is 12.9. The van der Waals surface area contributed by atoms with E-state index in [-0.39, 0.29) is 11.7 Å². The van der Waals surface area contributed by atoms with Crippen LogP contribution in [0.15, 0.2) is 83.1 Å². The van der Waals surface area contributed by atoms with E-state index in [1.165, 1.54) is 0 Å². The molecule has 1 aromatic carbocycles. The molecule has 2 aromatic heterocycles. The van der Waals surface area contributed by atoms with Crippen molar-refractivity contribution < 1.29 is 19.0 Å². The van der Waals surface area contributed by atoms with Crippen molar-refractivity contribution in [2.75, 3.05) is 40.0 Å². The van der Waals surface area contributed by atoms with Crippen LogP contribution in [0, 0.1) is 5.92 Å². The van der Waals surface area contributed by atoms with E-state index < -0.39 is 6.23 Å². The number of aliphatic hydroxyl groups is 1. The van der Waals surface area contributed by atoms with Crippen molar-refractivity contribution in [2.45, 2.75) is 25.5 Å². The Balaban J connectivity index is 1.26. The van der Waals surface area contributed by atoms with Gasteiger partial charge in [0.25, 0.3) is 0 Å². The molecule has 39 heavy (non-hydrogen) atoms. The van der Waals surface area contributed by atoms with Crippen LogP contribution >= 0.6 is 0 Å². The molecule has 1 fully saturated rings. The van der Waals surface area contributed by atoms with Gasteiger partial charge >= 0.3 is 0 Å². The van der Waals surface area contributed by atoms with Crippen LogP contribution in [-0.4, -0.2) is 71.4 Å². The number of likely N-dealkylation sites (tertiary alicyclic amines) is 1. The summed E-state index contributed by atoms with van der Waals surface area (Å²) in [6.07, 6.45) is 12.1. The molecule has 0 amide bonds. The minimum absolute atomic E-state index is 0.158. The number of pyridine rings is 1. The van der Waals surface area contributed by atoms with Gasteiger partial charge in [0.2, 0.25) is 0 Å². The fraction of sp³-hybridized carbons (Fsp3) is 0.367. The van der Waals surface area contributed by atoms with Gasteiger partial charge in [-0.05, 0) is 62.2 Å². The van der Waals surface area contributed by atoms with Crippen LogP contribution in [-0.2, 0) is 9.47 Å². The standard InChI is InChI=1S/C30H34FN5O3/c1-38-15-16-39-28-7-3-2-6-26(31)25(28)20-36-14-4-5-21(19-36)18-33-30(37)23-8-9-27-24(17-23)29(35-34-27)22-10-12-32-13-11-22/h3,6-13,17-18,21,30,37H,2,4-5,14-16,19-20H2,1H3,(H,34,35). The van der Waals surface area contributed by atoms with Crippen molar-refractivity contribution in [3.8, 4) is 11.3 Å². The number of rotatable bonds is 10. The molecule has 1 aliphatic carbocycles. The first-order valence-electron chi connectivity index (χ1n) is 13.3. The number of hydrogen-bond acceptors (Lipinski definition) is 7. The van der Waals surface area contributed by atoms with Crippen molar-refractivity contribution in [1.82, 2.24) is 20.1 Å². The second-order valence-electron chi connectivity index (χ2n) is 9.80. The van der Waals surface area contributed by atoms with E-state index >= 15 is 0 Å². The number of aromatic amines is 1. The van der Waals surface area contributed by atoms with Gasteiger partial charge in [0.1, 0.15) is 23.9 Å². The van der Waals surface area contributed by atoms with Gasteiger partial charge in [0.05, 0.1) is 12.1 Å². The number of fused-ring (bicyclic) bond motifs is 1. The molecular formula is C30H34FN5O3. The number of ether oxygens (including phenoxy) is 2. The largest absolute Gasteiger partial charge is 0.491 e. The Morgan fingerprint density at radius 3 is 2.97 bits per heavy atom. The first-order chi connectivity index (χ1) is 19.1. The maximum Gasteiger partial charge on any atom is 0.170 e. The topological polar surface area (TPSA) is 95.9 Å². The second-order valence-corrected chi connectivity index (χ2v) is 9.80. The molecule has 1 aliphatic heterocycles. The van der Waals surface area contributed by atoms with E-state index in [1.807, 2.05) is 48.7 Å². The summed E-state index contributed by atoms with van der Waals surface area (Å²) in [6.45, 7) is 2.87. The Hall–Kier alpha value is -3.66. The first-order valence-corrected chi connectivity index (χ1v) is 13.3. The number of allylic oxidation sites excluding steroid dienone is 3. The molecule has 8 nitrogen and oxygen atoms in total. The minimum Gasteiger partial charge on any atom is -0.491 e. The van der Waals surface area contributed by atoms with E-state index in [9.17, 15) is 9.50 Å². The molecule has 0 bridgehead atoms. The Morgan fingerprint density at radius 2 is 2.13 bits per heavy atom. The zero-order valence-electron chi connectivity index (χ0n) is 22.1. The third-order valence-corrected chi connectivity index (χ3v) is 7.03. The highest BCUT2D eigenvalue weighted by molar-refractivity contribution is 5.93. The molecule has 2 atom stereocenters. The summed E-state index contributed by atoms with van der Waals surface area (Å²) in [7, 11) is 1.62. The van der Waals surface area contributed by atoms with Crippen LogP contribution in [0.4, 0.5) is 4.39 Å². The first kappa shape index (κ1) is 26.9. The molecule has 3 aromatic rings. The highest BCUT2D eigenvalue weighted by Gasteiger charge is 2.23. The molecule has 2 unspecified atom stereocenters. The lowest BCUT2D eigenvalue weighted by molar-refractivity contribution is 0.112. The summed E-state index contributed by atoms with van der Waals surface area (Å²) in [6, 6.07) is 9.51. The molecule has 2 N–H and O–H groups in total. The number of halogens is 1. The Morgan fingerprint density at radius 1 is 1.26 bits per heavy atom. The van der Waals surface area contributed by atoms with E-state index in [1.54, 1.807) is 25.6 Å². The number of piperidine rings is 1. The van der Waals surface area contributed by atoms with Crippen molar-refractivity contribution in [1.29, 1.82) is 0 Å². The quantitative estimate of drug-likeness (QED) is 0.278. The van der Waals surface area contributed by atoms with Crippen LogP contribution in [0.3, 0.4) is 0 Å². The molecule has 2 aliphatic rings. The lowest BCUT2D eigenvalue weighted by atomic mass is 9.98. The molecule has 0 radical (unpaired) electrons. The summed E-state index contributed by atoms with van der Waals surface area (Å²) in [5.74, 6) is 0.481. The number of aliphatic hydroxyl groups excluding tert-OH is 1. The predicted octanol–water partition coefficient (Wildman–Crippen LogP) is 5.13. The highest BCUT2D eigenvalue weighted by Crippen LogP contribution is 2.29. The van der Waals surface area contributed by atoms with Gasteiger partial charge < -0.3 is 14.6 Å². The number of H-pyrrole nitrogens is 1. The van der Waals surface area contributed by atoms with E-state index in [4.69, 9.17) is 9.47 Å². The number of aromatic nitrogens is 3. The Labute approximate surface area is 227 Å². The van der Waals surface area contributed by atoms with Crippen molar-refractivity contribution in [3.05, 3.63) is 83.7 Å². The normalized spacial score (nSPS) is 19.5. The van der Waals surface area contributed by atoms with Gasteiger partial charge in [-0.2, -0.15) is 5.10 Å².